The Morgan fingerprint density at radius 2 is 1.73 bits per heavy atom. The van der Waals surface area contributed by atoms with Gasteiger partial charge >= 0.3 is 0 Å². The molecule has 0 radical (unpaired) electrons. The van der Waals surface area contributed by atoms with Crippen molar-refractivity contribution >= 4 is 29.1 Å². The van der Waals surface area contributed by atoms with E-state index in [1.165, 1.54) is 16.7 Å². The monoisotopic (exact) mass is 375 g/mol. The van der Waals surface area contributed by atoms with E-state index in [4.69, 9.17) is 4.74 Å². The summed E-state index contributed by atoms with van der Waals surface area (Å²) in [4.78, 5) is 28.2. The van der Waals surface area contributed by atoms with Crippen LogP contribution in [0.5, 0.6) is 5.75 Å². The number of ether oxygens (including phenoxy) is 1. The van der Waals surface area contributed by atoms with Gasteiger partial charge in [0.25, 0.3) is 11.8 Å². The van der Waals surface area contributed by atoms with Gasteiger partial charge in [-0.25, -0.2) is 0 Å². The third-order valence-corrected chi connectivity index (χ3v) is 6.03. The number of imide groups is 1. The molecule has 2 amide bonds. The standard InChI is InChI=1S/C20H25NO4S/c1-25-16-10-8-14(9-11-16)17-18(26-13-12-22)20(24)21(19(17)23)15-6-4-2-3-5-7-15/h8-11,15,22H,2-7,12-13H2,1H3. The number of hydrogen-bond acceptors (Lipinski definition) is 5. The first-order chi connectivity index (χ1) is 12.7. The van der Waals surface area contributed by atoms with Crippen molar-refractivity contribution < 1.29 is 19.4 Å². The number of nitrogens with zero attached hydrogens (tertiary/aromatic N) is 1. The largest absolute Gasteiger partial charge is 0.497 e. The van der Waals surface area contributed by atoms with Crippen LogP contribution >= 0.6 is 11.8 Å². The first-order valence-electron chi connectivity index (χ1n) is 9.17. The number of benzene rings is 1. The van der Waals surface area contributed by atoms with Gasteiger partial charge in [-0.05, 0) is 30.5 Å². The molecule has 140 valence electrons. The Morgan fingerprint density at radius 1 is 1.08 bits per heavy atom. The zero-order chi connectivity index (χ0) is 18.5. The van der Waals surface area contributed by atoms with Crippen molar-refractivity contribution in [3.8, 4) is 5.75 Å². The van der Waals surface area contributed by atoms with Crippen molar-refractivity contribution in [3.05, 3.63) is 34.7 Å². The van der Waals surface area contributed by atoms with E-state index in [1.807, 2.05) is 12.1 Å². The number of aliphatic hydroxyl groups excluding tert-OH is 1. The van der Waals surface area contributed by atoms with Crippen molar-refractivity contribution in [3.63, 3.8) is 0 Å². The fraction of sp³-hybridized carbons (Fsp3) is 0.500. The maximum atomic E-state index is 13.2. The second kappa shape index (κ2) is 8.73. The molecule has 0 atom stereocenters. The SMILES string of the molecule is COc1ccc(C2=C(SCCO)C(=O)N(C3CCCCCC3)C2=O)cc1. The van der Waals surface area contributed by atoms with E-state index < -0.39 is 0 Å². The lowest BCUT2D eigenvalue weighted by atomic mass is 10.0. The third kappa shape index (κ3) is 3.81. The molecule has 1 aliphatic carbocycles. The minimum atomic E-state index is -0.203. The number of carbonyl (C=O) groups excluding carboxylic acids is 2. The molecular weight excluding hydrogens is 350 g/mol. The lowest BCUT2D eigenvalue weighted by Gasteiger charge is -2.25. The number of aliphatic hydroxyl groups is 1. The molecule has 1 saturated carbocycles. The summed E-state index contributed by atoms with van der Waals surface area (Å²) < 4.78 is 5.19. The molecule has 1 N–H and O–H groups in total. The van der Waals surface area contributed by atoms with Gasteiger partial charge in [0.05, 0.1) is 24.2 Å². The second-order valence-corrected chi connectivity index (χ2v) is 7.74. The van der Waals surface area contributed by atoms with E-state index in [0.717, 1.165) is 44.1 Å². The number of thioether (sulfide) groups is 1. The van der Waals surface area contributed by atoms with E-state index in [0.29, 0.717) is 22.0 Å². The molecule has 5 nitrogen and oxygen atoms in total. The zero-order valence-corrected chi connectivity index (χ0v) is 15.9. The lowest BCUT2D eigenvalue weighted by molar-refractivity contribution is -0.139. The van der Waals surface area contributed by atoms with Gasteiger partial charge in [0.2, 0.25) is 0 Å². The number of rotatable bonds is 6. The topological polar surface area (TPSA) is 66.8 Å². The van der Waals surface area contributed by atoms with Crippen LogP contribution in [0.15, 0.2) is 29.2 Å². The van der Waals surface area contributed by atoms with Gasteiger partial charge in [0.15, 0.2) is 0 Å². The highest BCUT2D eigenvalue weighted by Gasteiger charge is 2.42. The minimum absolute atomic E-state index is 0.0158. The first kappa shape index (κ1) is 19.0. The molecule has 1 aromatic rings. The molecule has 1 aromatic carbocycles. The van der Waals surface area contributed by atoms with Crippen molar-refractivity contribution in [2.45, 2.75) is 44.6 Å². The number of amides is 2. The molecule has 0 unspecified atom stereocenters. The van der Waals surface area contributed by atoms with Gasteiger partial charge < -0.3 is 9.84 Å². The van der Waals surface area contributed by atoms with Crippen molar-refractivity contribution in [2.75, 3.05) is 19.5 Å². The second-order valence-electron chi connectivity index (χ2n) is 6.63. The number of methoxy groups -OCH3 is 1. The predicted octanol–water partition coefficient (Wildman–Crippen LogP) is 3.22. The quantitative estimate of drug-likeness (QED) is 0.611. The van der Waals surface area contributed by atoms with Crippen LogP contribution in [0.3, 0.4) is 0 Å². The van der Waals surface area contributed by atoms with Gasteiger partial charge in [-0.3, -0.25) is 14.5 Å². The average molecular weight is 375 g/mol. The summed E-state index contributed by atoms with van der Waals surface area (Å²) in [5.41, 5.74) is 1.18. The highest BCUT2D eigenvalue weighted by atomic mass is 32.2. The molecule has 26 heavy (non-hydrogen) atoms. The van der Waals surface area contributed by atoms with Crippen LogP contribution in [0.25, 0.3) is 5.57 Å². The van der Waals surface area contributed by atoms with Crippen molar-refractivity contribution in [1.82, 2.24) is 4.90 Å². The van der Waals surface area contributed by atoms with Gasteiger partial charge in [-0.2, -0.15) is 0 Å². The molecule has 3 rings (SSSR count). The molecule has 0 aromatic heterocycles. The Balaban J connectivity index is 1.94. The molecule has 0 bridgehead atoms. The lowest BCUT2D eigenvalue weighted by Crippen LogP contribution is -2.40. The van der Waals surface area contributed by atoms with Gasteiger partial charge in [-0.1, -0.05) is 37.8 Å². The van der Waals surface area contributed by atoms with Gasteiger partial charge in [-0.15, -0.1) is 11.8 Å². The van der Waals surface area contributed by atoms with E-state index in [-0.39, 0.29) is 24.5 Å². The molecule has 0 saturated heterocycles. The molecule has 6 heteroatoms. The van der Waals surface area contributed by atoms with Crippen molar-refractivity contribution in [1.29, 1.82) is 0 Å². The molecule has 0 spiro atoms. The molecule has 1 heterocycles. The first-order valence-corrected chi connectivity index (χ1v) is 10.2. The molecule has 2 aliphatic rings. The predicted molar refractivity (Wildman–Crippen MR) is 103 cm³/mol. The summed E-state index contributed by atoms with van der Waals surface area (Å²) >= 11 is 1.27. The highest BCUT2D eigenvalue weighted by molar-refractivity contribution is 8.04. The van der Waals surface area contributed by atoms with E-state index in [2.05, 4.69) is 0 Å². The fourth-order valence-corrected chi connectivity index (χ4v) is 4.53. The van der Waals surface area contributed by atoms with E-state index >= 15 is 0 Å². The van der Waals surface area contributed by atoms with Crippen LogP contribution in [-0.4, -0.2) is 47.3 Å². The summed E-state index contributed by atoms with van der Waals surface area (Å²) in [6, 6.07) is 7.20. The molecular formula is C20H25NO4S. The van der Waals surface area contributed by atoms with Crippen LogP contribution in [-0.2, 0) is 9.59 Å². The minimum Gasteiger partial charge on any atom is -0.497 e. The van der Waals surface area contributed by atoms with E-state index in [9.17, 15) is 14.7 Å². The zero-order valence-electron chi connectivity index (χ0n) is 15.1. The summed E-state index contributed by atoms with van der Waals surface area (Å²) in [5.74, 6) is 0.696. The Kier molecular flexibility index (Phi) is 6.38. The Bertz CT molecular complexity index is 690. The average Bonchev–Trinajstić information content (AvgIpc) is 2.84. The maximum Gasteiger partial charge on any atom is 0.268 e. The van der Waals surface area contributed by atoms with Crippen LogP contribution < -0.4 is 4.74 Å². The summed E-state index contributed by atoms with van der Waals surface area (Å²) in [5, 5.41) is 9.19. The summed E-state index contributed by atoms with van der Waals surface area (Å²) in [7, 11) is 1.59. The van der Waals surface area contributed by atoms with Crippen molar-refractivity contribution in [2.24, 2.45) is 0 Å². The van der Waals surface area contributed by atoms with Gasteiger partial charge in [0.1, 0.15) is 5.75 Å². The summed E-state index contributed by atoms with van der Waals surface area (Å²) in [6.07, 6.45) is 6.20. The van der Waals surface area contributed by atoms with Crippen LogP contribution in [0.1, 0.15) is 44.1 Å². The van der Waals surface area contributed by atoms with Gasteiger partial charge in [0, 0.05) is 11.8 Å². The normalized spacial score (nSPS) is 19.2. The molecule has 1 fully saturated rings. The Labute approximate surface area is 158 Å². The Morgan fingerprint density at radius 3 is 2.31 bits per heavy atom. The van der Waals surface area contributed by atoms with Crippen LogP contribution in [0.4, 0.5) is 0 Å². The number of hydrogen-bond donors (Lipinski definition) is 1. The highest BCUT2D eigenvalue weighted by Crippen LogP contribution is 2.39. The maximum absolute atomic E-state index is 13.2. The molecule has 1 aliphatic heterocycles. The smallest absolute Gasteiger partial charge is 0.268 e. The van der Waals surface area contributed by atoms with Crippen LogP contribution in [0.2, 0.25) is 0 Å². The number of carbonyl (C=O) groups is 2. The summed E-state index contributed by atoms with van der Waals surface area (Å²) in [6.45, 7) is -0.0328. The third-order valence-electron chi connectivity index (χ3n) is 4.98. The van der Waals surface area contributed by atoms with Crippen LogP contribution in [0, 0.1) is 0 Å². The Hall–Kier alpha value is -1.79. The fourth-order valence-electron chi connectivity index (χ4n) is 3.67. The van der Waals surface area contributed by atoms with E-state index in [1.54, 1.807) is 19.2 Å².